The number of rotatable bonds is 8. The molecule has 0 unspecified atom stereocenters. The van der Waals surface area contributed by atoms with E-state index in [9.17, 15) is 19.8 Å². The molecule has 0 aromatic heterocycles. The lowest BCUT2D eigenvalue weighted by molar-refractivity contribution is -0.163. The van der Waals surface area contributed by atoms with Crippen LogP contribution in [0.25, 0.3) is 0 Å². The molecule has 0 bridgehead atoms. The number of carbonyl (C=O) groups is 2. The summed E-state index contributed by atoms with van der Waals surface area (Å²) in [5, 5.41) is 29.3. The molecular weight excluding hydrogens is 430 g/mol. The first-order valence-corrected chi connectivity index (χ1v) is 12.9. The van der Waals surface area contributed by atoms with Gasteiger partial charge in [0.05, 0.1) is 24.7 Å². The van der Waals surface area contributed by atoms with E-state index in [-0.39, 0.29) is 30.2 Å². The van der Waals surface area contributed by atoms with E-state index in [1.54, 1.807) is 18.7 Å². The molecule has 180 valence electrons. The van der Waals surface area contributed by atoms with Crippen molar-refractivity contribution in [1.29, 1.82) is 0 Å². The number of fused-ring (bicyclic) bond motifs is 1. The fraction of sp³-hybridized carbons (Fsp3) is 0.826. The summed E-state index contributed by atoms with van der Waals surface area (Å²) < 4.78 is 0. The van der Waals surface area contributed by atoms with Crippen molar-refractivity contribution in [2.24, 2.45) is 17.8 Å². The van der Waals surface area contributed by atoms with Gasteiger partial charge in [-0.25, -0.2) is 4.79 Å². The van der Waals surface area contributed by atoms with Crippen LogP contribution in [0.4, 0.5) is 0 Å². The van der Waals surface area contributed by atoms with Gasteiger partial charge in [0.1, 0.15) is 5.70 Å². The van der Waals surface area contributed by atoms with Crippen molar-refractivity contribution >= 4 is 23.6 Å². The van der Waals surface area contributed by atoms with E-state index in [2.05, 4.69) is 9.80 Å². The molecule has 32 heavy (non-hydrogen) atoms. The quantitative estimate of drug-likeness (QED) is 0.455. The van der Waals surface area contributed by atoms with Crippen molar-refractivity contribution in [3.05, 3.63) is 10.6 Å². The van der Waals surface area contributed by atoms with Crippen molar-refractivity contribution in [3.8, 4) is 0 Å². The largest absolute Gasteiger partial charge is 0.477 e. The third-order valence-corrected chi connectivity index (χ3v) is 9.40. The van der Waals surface area contributed by atoms with Crippen LogP contribution >= 0.6 is 11.8 Å². The first kappa shape index (κ1) is 24.0. The Kier molecular flexibility index (Phi) is 7.51. The van der Waals surface area contributed by atoms with E-state index in [0.717, 1.165) is 62.9 Å². The van der Waals surface area contributed by atoms with E-state index in [1.165, 1.54) is 17.7 Å². The summed E-state index contributed by atoms with van der Waals surface area (Å²) in [5.74, 6) is -1.13. The maximum atomic E-state index is 12.5. The smallest absolute Gasteiger partial charge is 0.353 e. The third-order valence-electron chi connectivity index (χ3n) is 7.78. The molecule has 0 aliphatic carbocycles. The minimum absolute atomic E-state index is 0.0504. The van der Waals surface area contributed by atoms with Gasteiger partial charge in [0.25, 0.3) is 0 Å². The van der Waals surface area contributed by atoms with Crippen LogP contribution in [0.2, 0.25) is 0 Å². The molecule has 0 aromatic rings. The van der Waals surface area contributed by atoms with Gasteiger partial charge >= 0.3 is 5.97 Å². The fourth-order valence-corrected chi connectivity index (χ4v) is 7.42. The summed E-state index contributed by atoms with van der Waals surface area (Å²) in [7, 11) is 0. The SMILES string of the molecule is C[C@@H](O)[C@H]1C(=O)N2C(C(=O)O)=C(SC3CCN(CC4CCN(CCO)CC4)CC3)[C@H](C)[C@H]12. The minimum Gasteiger partial charge on any atom is -0.477 e. The van der Waals surface area contributed by atoms with Crippen LogP contribution in [0.3, 0.4) is 0 Å². The second kappa shape index (κ2) is 10.0. The maximum Gasteiger partial charge on any atom is 0.353 e. The maximum absolute atomic E-state index is 12.5. The zero-order chi connectivity index (χ0) is 23.0. The number of hydrogen-bond acceptors (Lipinski definition) is 7. The predicted molar refractivity (Wildman–Crippen MR) is 123 cm³/mol. The number of aliphatic hydroxyl groups excluding tert-OH is 2. The fourth-order valence-electron chi connectivity index (χ4n) is 5.97. The second-order valence-corrected chi connectivity index (χ2v) is 11.2. The number of aliphatic hydroxyl groups is 2. The molecule has 0 saturated carbocycles. The standard InChI is InChI=1S/C23H37N3O5S/c1-14-19-18(15(2)28)22(29)26(19)20(23(30)31)21(14)32-17-5-9-25(10-6-17)13-16-3-7-24(8-4-16)11-12-27/h14-19,27-28H,3-13H2,1-2H3,(H,30,31)/t14-,15-,18-,19-/m1/s1. The number of piperidine rings is 2. The number of carbonyl (C=O) groups excluding carboxylic acids is 1. The van der Waals surface area contributed by atoms with Gasteiger partial charge in [-0.15, -0.1) is 11.8 Å². The lowest BCUT2D eigenvalue weighted by atomic mass is 9.79. The topological polar surface area (TPSA) is 105 Å². The van der Waals surface area contributed by atoms with Crippen LogP contribution in [0, 0.1) is 17.8 Å². The number of nitrogens with zero attached hydrogens (tertiary/aromatic N) is 3. The van der Waals surface area contributed by atoms with Crippen molar-refractivity contribution < 1.29 is 24.9 Å². The number of β-lactam (4-membered cyclic amide) rings is 1. The van der Waals surface area contributed by atoms with E-state index >= 15 is 0 Å². The average Bonchev–Trinajstić information content (AvgIpc) is 2.99. The third kappa shape index (κ3) is 4.59. The number of thioether (sulfide) groups is 1. The number of carboxylic acid groups (broad SMARTS) is 1. The highest BCUT2D eigenvalue weighted by Crippen LogP contribution is 2.52. The highest BCUT2D eigenvalue weighted by molar-refractivity contribution is 8.03. The zero-order valence-corrected chi connectivity index (χ0v) is 20.0. The lowest BCUT2D eigenvalue weighted by Gasteiger charge is -2.46. The molecule has 4 rings (SSSR count). The number of carboxylic acids is 1. The molecular formula is C23H37N3O5S. The Morgan fingerprint density at radius 1 is 1.12 bits per heavy atom. The molecule has 3 fully saturated rings. The Labute approximate surface area is 194 Å². The van der Waals surface area contributed by atoms with E-state index in [4.69, 9.17) is 5.11 Å². The molecule has 9 heteroatoms. The highest BCUT2D eigenvalue weighted by Gasteiger charge is 2.60. The van der Waals surface area contributed by atoms with Gasteiger partial charge in [0, 0.05) is 29.2 Å². The van der Waals surface area contributed by atoms with E-state index in [0.29, 0.717) is 5.25 Å². The van der Waals surface area contributed by atoms with E-state index in [1.807, 2.05) is 6.92 Å². The van der Waals surface area contributed by atoms with Gasteiger partial charge < -0.3 is 30.0 Å². The van der Waals surface area contributed by atoms with Gasteiger partial charge in [-0.05, 0) is 64.7 Å². The molecule has 8 nitrogen and oxygen atoms in total. The number of aliphatic carboxylic acids is 1. The molecule has 4 aliphatic rings. The minimum atomic E-state index is -1.04. The van der Waals surface area contributed by atoms with Gasteiger partial charge in [0.2, 0.25) is 5.91 Å². The Bertz CT molecular complexity index is 744. The Morgan fingerprint density at radius 2 is 1.75 bits per heavy atom. The Hall–Kier alpha value is -1.13. The Balaban J connectivity index is 1.30. The summed E-state index contributed by atoms with van der Waals surface area (Å²) in [5.41, 5.74) is 0.145. The Morgan fingerprint density at radius 3 is 2.31 bits per heavy atom. The van der Waals surface area contributed by atoms with Crippen LogP contribution in [-0.2, 0) is 9.59 Å². The first-order valence-electron chi connectivity index (χ1n) is 12.0. The van der Waals surface area contributed by atoms with Crippen molar-refractivity contribution in [1.82, 2.24) is 14.7 Å². The normalized spacial score (nSPS) is 31.7. The van der Waals surface area contributed by atoms with Gasteiger partial charge in [-0.3, -0.25) is 4.79 Å². The summed E-state index contributed by atoms with van der Waals surface area (Å²) in [4.78, 5) is 31.6. The average molecular weight is 468 g/mol. The molecule has 3 N–H and O–H groups in total. The van der Waals surface area contributed by atoms with Crippen LogP contribution in [0.5, 0.6) is 0 Å². The summed E-state index contributed by atoms with van der Waals surface area (Å²) in [6, 6.07) is -0.229. The predicted octanol–water partition coefficient (Wildman–Crippen LogP) is 1.04. The number of β-amino-alcohol motifs (C(OH)–C–C–N with tert-alkyl or cyclic N) is 1. The van der Waals surface area contributed by atoms with Crippen LogP contribution < -0.4 is 0 Å². The number of amides is 1. The summed E-state index contributed by atoms with van der Waals surface area (Å²) in [6.45, 7) is 9.97. The highest BCUT2D eigenvalue weighted by atomic mass is 32.2. The molecule has 4 heterocycles. The monoisotopic (exact) mass is 467 g/mol. The van der Waals surface area contributed by atoms with Crippen LogP contribution in [0.15, 0.2) is 10.6 Å². The van der Waals surface area contributed by atoms with Crippen molar-refractivity contribution in [2.45, 2.75) is 56.9 Å². The molecule has 4 aliphatic heterocycles. The van der Waals surface area contributed by atoms with Crippen LogP contribution in [-0.4, -0.2) is 105 Å². The van der Waals surface area contributed by atoms with Gasteiger partial charge in [0.15, 0.2) is 0 Å². The van der Waals surface area contributed by atoms with Gasteiger partial charge in [-0.1, -0.05) is 6.92 Å². The molecule has 0 aromatic carbocycles. The van der Waals surface area contributed by atoms with E-state index < -0.39 is 18.0 Å². The molecule has 4 atom stereocenters. The van der Waals surface area contributed by atoms with Crippen LogP contribution in [0.1, 0.15) is 39.5 Å². The molecule has 0 spiro atoms. The second-order valence-electron chi connectivity index (χ2n) is 9.90. The summed E-state index contributed by atoms with van der Waals surface area (Å²) >= 11 is 1.66. The molecule has 1 amide bonds. The molecule has 3 saturated heterocycles. The zero-order valence-electron chi connectivity index (χ0n) is 19.2. The van der Waals surface area contributed by atoms with Gasteiger partial charge in [-0.2, -0.15) is 0 Å². The lowest BCUT2D eigenvalue weighted by Crippen LogP contribution is -2.63. The summed E-state index contributed by atoms with van der Waals surface area (Å²) in [6.07, 6.45) is 3.67. The molecule has 0 radical (unpaired) electrons. The van der Waals surface area contributed by atoms with Crippen molar-refractivity contribution in [2.75, 3.05) is 45.9 Å². The first-order chi connectivity index (χ1) is 15.3. The van der Waals surface area contributed by atoms with Crippen molar-refractivity contribution in [3.63, 3.8) is 0 Å². The number of likely N-dealkylation sites (tertiary alicyclic amines) is 2. The number of hydrogen-bond donors (Lipinski definition) is 3.